The van der Waals surface area contributed by atoms with Gasteiger partial charge in [-0.05, 0) is 13.0 Å². The van der Waals surface area contributed by atoms with Gasteiger partial charge < -0.3 is 24.3 Å². The number of aromatic hydroxyl groups is 1. The summed E-state index contributed by atoms with van der Waals surface area (Å²) >= 11 is 0. The van der Waals surface area contributed by atoms with Gasteiger partial charge in [0, 0.05) is 11.5 Å². The van der Waals surface area contributed by atoms with Gasteiger partial charge >= 0.3 is 6.09 Å². The number of benzene rings is 1. The minimum Gasteiger partial charge on any atom is -0.493 e. The number of amides is 1. The highest BCUT2D eigenvalue weighted by molar-refractivity contribution is 5.96. The number of azo groups is 1. The van der Waals surface area contributed by atoms with E-state index in [1.54, 1.807) is 19.1 Å². The maximum Gasteiger partial charge on any atom is 0.452 e. The van der Waals surface area contributed by atoms with Gasteiger partial charge in [-0.1, -0.05) is 5.11 Å². The molecule has 110 valence electrons. The first kappa shape index (κ1) is 13.2. The van der Waals surface area contributed by atoms with Crippen molar-refractivity contribution in [2.75, 3.05) is 19.8 Å². The summed E-state index contributed by atoms with van der Waals surface area (Å²) in [5, 5.41) is 17.6. The molecule has 0 spiro atoms. The molecule has 0 bridgehead atoms. The number of rotatable bonds is 2. The SMILES string of the molecule is CCOC(=O)N=Nc1c(O)[nH]c2cc3c(cc12)OCCO3. The Morgan fingerprint density at radius 2 is 2.10 bits per heavy atom. The van der Waals surface area contributed by atoms with E-state index >= 15 is 0 Å². The van der Waals surface area contributed by atoms with Crippen molar-refractivity contribution in [1.29, 1.82) is 0 Å². The second-order valence-electron chi connectivity index (χ2n) is 4.26. The summed E-state index contributed by atoms with van der Waals surface area (Å²) in [6, 6.07) is 3.38. The molecule has 1 aromatic heterocycles. The molecule has 0 fully saturated rings. The number of aromatic nitrogens is 1. The Morgan fingerprint density at radius 1 is 1.38 bits per heavy atom. The van der Waals surface area contributed by atoms with Crippen LogP contribution >= 0.6 is 0 Å². The van der Waals surface area contributed by atoms with Crippen molar-refractivity contribution in [3.63, 3.8) is 0 Å². The summed E-state index contributed by atoms with van der Waals surface area (Å²) in [4.78, 5) is 13.9. The molecule has 1 aromatic carbocycles. The summed E-state index contributed by atoms with van der Waals surface area (Å²) in [6.07, 6.45) is -0.816. The predicted molar refractivity (Wildman–Crippen MR) is 72.5 cm³/mol. The molecule has 8 nitrogen and oxygen atoms in total. The molecule has 1 aliphatic rings. The van der Waals surface area contributed by atoms with Crippen molar-refractivity contribution in [2.24, 2.45) is 10.2 Å². The lowest BCUT2D eigenvalue weighted by molar-refractivity contribution is 0.162. The molecular weight excluding hydrogens is 278 g/mol. The zero-order valence-corrected chi connectivity index (χ0v) is 11.3. The number of hydrogen-bond donors (Lipinski definition) is 2. The lowest BCUT2D eigenvalue weighted by Crippen LogP contribution is -2.15. The van der Waals surface area contributed by atoms with Crippen LogP contribution in [0.4, 0.5) is 10.5 Å². The molecule has 1 aliphatic heterocycles. The number of ether oxygens (including phenoxy) is 3. The first-order valence-electron chi connectivity index (χ1n) is 6.42. The highest BCUT2D eigenvalue weighted by atomic mass is 16.6. The number of nitrogens with zero attached hydrogens (tertiary/aromatic N) is 2. The van der Waals surface area contributed by atoms with Crippen LogP contribution < -0.4 is 9.47 Å². The summed E-state index contributed by atoms with van der Waals surface area (Å²) < 4.78 is 15.6. The molecule has 3 rings (SSSR count). The molecule has 0 unspecified atom stereocenters. The quantitative estimate of drug-likeness (QED) is 0.827. The van der Waals surface area contributed by atoms with Crippen LogP contribution in [0.3, 0.4) is 0 Å². The lowest BCUT2D eigenvalue weighted by atomic mass is 10.2. The topological polar surface area (TPSA) is 106 Å². The Kier molecular flexibility index (Phi) is 3.35. The Morgan fingerprint density at radius 3 is 2.81 bits per heavy atom. The highest BCUT2D eigenvalue weighted by Gasteiger charge is 2.18. The Labute approximate surface area is 119 Å². The summed E-state index contributed by atoms with van der Waals surface area (Å²) in [7, 11) is 0. The number of fused-ring (bicyclic) bond motifs is 2. The van der Waals surface area contributed by atoms with Crippen LogP contribution in [-0.2, 0) is 4.74 Å². The predicted octanol–water partition coefficient (Wildman–Crippen LogP) is 2.88. The summed E-state index contributed by atoms with van der Waals surface area (Å²) in [6.45, 7) is 2.80. The van der Waals surface area contributed by atoms with Crippen LogP contribution in [0.15, 0.2) is 22.4 Å². The maximum atomic E-state index is 11.2. The minimum atomic E-state index is -0.816. The third-order valence-corrected chi connectivity index (χ3v) is 2.91. The average molecular weight is 291 g/mol. The van der Waals surface area contributed by atoms with Gasteiger partial charge in [0.05, 0.1) is 12.1 Å². The Bertz CT molecular complexity index is 722. The fourth-order valence-corrected chi connectivity index (χ4v) is 2.05. The third kappa shape index (κ3) is 2.47. The van der Waals surface area contributed by atoms with Crippen LogP contribution in [0.2, 0.25) is 0 Å². The average Bonchev–Trinajstić information content (AvgIpc) is 2.77. The van der Waals surface area contributed by atoms with Gasteiger partial charge in [0.2, 0.25) is 5.88 Å². The van der Waals surface area contributed by atoms with Crippen molar-refractivity contribution in [3.05, 3.63) is 12.1 Å². The molecule has 1 amide bonds. The smallest absolute Gasteiger partial charge is 0.452 e. The first-order valence-corrected chi connectivity index (χ1v) is 6.42. The van der Waals surface area contributed by atoms with Crippen molar-refractivity contribution in [2.45, 2.75) is 6.92 Å². The molecule has 8 heteroatoms. The normalized spacial score (nSPS) is 13.8. The van der Waals surface area contributed by atoms with Crippen LogP contribution in [-0.4, -0.2) is 36.0 Å². The van der Waals surface area contributed by atoms with E-state index in [0.717, 1.165) is 0 Å². The van der Waals surface area contributed by atoms with Crippen LogP contribution in [0.5, 0.6) is 17.4 Å². The van der Waals surface area contributed by atoms with Crippen molar-refractivity contribution < 1.29 is 24.1 Å². The number of hydrogen-bond acceptors (Lipinski definition) is 6. The van der Waals surface area contributed by atoms with E-state index in [0.29, 0.717) is 35.6 Å². The molecular formula is C13H13N3O5. The Hall–Kier alpha value is -2.77. The van der Waals surface area contributed by atoms with E-state index < -0.39 is 6.09 Å². The van der Waals surface area contributed by atoms with Gasteiger partial charge in [-0.2, -0.15) is 0 Å². The van der Waals surface area contributed by atoms with E-state index in [2.05, 4.69) is 19.9 Å². The molecule has 0 atom stereocenters. The van der Waals surface area contributed by atoms with E-state index in [1.165, 1.54) is 0 Å². The molecule has 2 N–H and O–H groups in total. The molecule has 2 aromatic rings. The van der Waals surface area contributed by atoms with Gasteiger partial charge in [-0.3, -0.25) is 0 Å². The molecule has 21 heavy (non-hydrogen) atoms. The number of H-pyrrole nitrogens is 1. The zero-order chi connectivity index (χ0) is 14.8. The fourth-order valence-electron chi connectivity index (χ4n) is 2.05. The van der Waals surface area contributed by atoms with Crippen LogP contribution in [0.1, 0.15) is 6.92 Å². The number of aromatic amines is 1. The number of carbonyl (C=O) groups is 1. The molecule has 0 radical (unpaired) electrons. The maximum absolute atomic E-state index is 11.2. The van der Waals surface area contributed by atoms with Gasteiger partial charge in [0.15, 0.2) is 17.2 Å². The second kappa shape index (κ2) is 5.31. The van der Waals surface area contributed by atoms with Crippen LogP contribution in [0, 0.1) is 0 Å². The van der Waals surface area contributed by atoms with E-state index in [-0.39, 0.29) is 18.2 Å². The van der Waals surface area contributed by atoms with Crippen molar-refractivity contribution in [3.8, 4) is 17.4 Å². The third-order valence-electron chi connectivity index (χ3n) is 2.91. The number of carbonyl (C=O) groups excluding carboxylic acids is 1. The standard InChI is InChI=1S/C13H13N3O5/c1-2-19-13(18)16-15-11-7-5-9-10(21-4-3-20-9)6-8(7)14-12(11)17/h5-6,14,17H,2-4H2,1H3. The Balaban J connectivity index is 2.02. The van der Waals surface area contributed by atoms with Gasteiger partial charge in [0.25, 0.3) is 0 Å². The van der Waals surface area contributed by atoms with E-state index in [9.17, 15) is 9.90 Å². The molecule has 0 aliphatic carbocycles. The van der Waals surface area contributed by atoms with Crippen molar-refractivity contribution in [1.82, 2.24) is 4.98 Å². The lowest BCUT2D eigenvalue weighted by Gasteiger charge is -2.17. The van der Waals surface area contributed by atoms with Crippen molar-refractivity contribution >= 4 is 22.7 Å². The van der Waals surface area contributed by atoms with Gasteiger partial charge in [-0.25, -0.2) is 4.79 Å². The summed E-state index contributed by atoms with van der Waals surface area (Å²) in [5.41, 5.74) is 0.754. The molecule has 2 heterocycles. The largest absolute Gasteiger partial charge is 0.493 e. The van der Waals surface area contributed by atoms with Gasteiger partial charge in [0.1, 0.15) is 13.2 Å². The molecule has 0 saturated carbocycles. The zero-order valence-electron chi connectivity index (χ0n) is 11.3. The molecule has 0 saturated heterocycles. The van der Waals surface area contributed by atoms with E-state index in [1.807, 2.05) is 0 Å². The highest BCUT2D eigenvalue weighted by Crippen LogP contribution is 2.42. The van der Waals surface area contributed by atoms with Crippen LogP contribution in [0.25, 0.3) is 10.9 Å². The second-order valence-corrected chi connectivity index (χ2v) is 4.26. The number of nitrogens with one attached hydrogen (secondary N) is 1. The first-order chi connectivity index (χ1) is 10.2. The van der Waals surface area contributed by atoms with Gasteiger partial charge in [-0.15, -0.1) is 5.11 Å². The minimum absolute atomic E-state index is 0.148. The van der Waals surface area contributed by atoms with E-state index in [4.69, 9.17) is 9.47 Å². The fraction of sp³-hybridized carbons (Fsp3) is 0.308. The summed E-state index contributed by atoms with van der Waals surface area (Å²) in [5.74, 6) is 0.949. The monoisotopic (exact) mass is 291 g/mol.